The standard InChI is InChI=1S/C14H16N2O4/c1-8(17)16-13(14(18)19)5-9-7-15-12-6-10(20-2)3-4-11(9)12/h3-4,6-7,13,15H,5H2,1-2H3,(H,16,17)(H,18,19)/t13-/m0/s1. The van der Waals surface area contributed by atoms with Crippen LogP contribution in [0.5, 0.6) is 5.75 Å². The van der Waals surface area contributed by atoms with E-state index in [9.17, 15) is 9.59 Å². The van der Waals surface area contributed by atoms with Crippen molar-refractivity contribution in [2.24, 2.45) is 0 Å². The molecular weight excluding hydrogens is 260 g/mol. The molecule has 2 rings (SSSR count). The maximum absolute atomic E-state index is 11.2. The van der Waals surface area contributed by atoms with E-state index < -0.39 is 12.0 Å². The number of fused-ring (bicyclic) bond motifs is 1. The van der Waals surface area contributed by atoms with Crippen LogP contribution in [-0.4, -0.2) is 35.1 Å². The van der Waals surface area contributed by atoms with Gasteiger partial charge < -0.3 is 20.1 Å². The number of hydrogen-bond donors (Lipinski definition) is 3. The largest absolute Gasteiger partial charge is 0.497 e. The Morgan fingerprint density at radius 2 is 2.20 bits per heavy atom. The average molecular weight is 276 g/mol. The first-order chi connectivity index (χ1) is 9.51. The van der Waals surface area contributed by atoms with E-state index in [1.807, 2.05) is 18.2 Å². The van der Waals surface area contributed by atoms with Crippen molar-refractivity contribution in [3.8, 4) is 5.75 Å². The second-order valence-electron chi connectivity index (χ2n) is 4.52. The van der Waals surface area contributed by atoms with E-state index in [0.29, 0.717) is 0 Å². The fourth-order valence-electron chi connectivity index (χ4n) is 2.13. The predicted octanol–water partition coefficient (Wildman–Crippen LogP) is 1.31. The number of ether oxygens (including phenoxy) is 1. The maximum Gasteiger partial charge on any atom is 0.326 e. The molecular formula is C14H16N2O4. The Morgan fingerprint density at radius 1 is 1.45 bits per heavy atom. The molecule has 0 aliphatic heterocycles. The molecule has 0 unspecified atom stereocenters. The Hall–Kier alpha value is -2.50. The molecule has 6 heteroatoms. The smallest absolute Gasteiger partial charge is 0.326 e. The summed E-state index contributed by atoms with van der Waals surface area (Å²) >= 11 is 0. The van der Waals surface area contributed by atoms with E-state index in [0.717, 1.165) is 22.2 Å². The van der Waals surface area contributed by atoms with Gasteiger partial charge in [-0.25, -0.2) is 4.79 Å². The minimum absolute atomic E-state index is 0.223. The van der Waals surface area contributed by atoms with Crippen LogP contribution in [0.3, 0.4) is 0 Å². The van der Waals surface area contributed by atoms with Crippen molar-refractivity contribution in [3.63, 3.8) is 0 Å². The van der Waals surface area contributed by atoms with Crippen molar-refractivity contribution in [2.75, 3.05) is 7.11 Å². The van der Waals surface area contributed by atoms with E-state index in [4.69, 9.17) is 9.84 Å². The van der Waals surface area contributed by atoms with Crippen LogP contribution in [0.25, 0.3) is 10.9 Å². The molecule has 106 valence electrons. The summed E-state index contributed by atoms with van der Waals surface area (Å²) in [6.45, 7) is 1.30. The van der Waals surface area contributed by atoms with Crippen LogP contribution in [0.2, 0.25) is 0 Å². The van der Waals surface area contributed by atoms with Crippen molar-refractivity contribution in [1.82, 2.24) is 10.3 Å². The number of aliphatic carboxylic acids is 1. The van der Waals surface area contributed by atoms with E-state index in [-0.39, 0.29) is 12.3 Å². The highest BCUT2D eigenvalue weighted by Crippen LogP contribution is 2.24. The van der Waals surface area contributed by atoms with Crippen LogP contribution >= 0.6 is 0 Å². The summed E-state index contributed by atoms with van der Waals surface area (Å²) < 4.78 is 5.13. The van der Waals surface area contributed by atoms with Crippen molar-refractivity contribution in [3.05, 3.63) is 30.0 Å². The number of carboxylic acids is 1. The minimum Gasteiger partial charge on any atom is -0.497 e. The summed E-state index contributed by atoms with van der Waals surface area (Å²) in [5.74, 6) is -0.690. The van der Waals surface area contributed by atoms with E-state index >= 15 is 0 Å². The van der Waals surface area contributed by atoms with Gasteiger partial charge in [0.2, 0.25) is 5.91 Å². The highest BCUT2D eigenvalue weighted by Gasteiger charge is 2.20. The van der Waals surface area contributed by atoms with Gasteiger partial charge in [0.15, 0.2) is 0 Å². The molecule has 2 aromatic rings. The van der Waals surface area contributed by atoms with Crippen LogP contribution in [0.4, 0.5) is 0 Å². The number of methoxy groups -OCH3 is 1. The molecule has 0 aliphatic carbocycles. The Balaban J connectivity index is 2.28. The maximum atomic E-state index is 11.2. The molecule has 20 heavy (non-hydrogen) atoms. The van der Waals surface area contributed by atoms with Gasteiger partial charge >= 0.3 is 5.97 Å². The van der Waals surface area contributed by atoms with Crippen molar-refractivity contribution in [2.45, 2.75) is 19.4 Å². The van der Waals surface area contributed by atoms with Crippen molar-refractivity contribution in [1.29, 1.82) is 0 Å². The fourth-order valence-corrected chi connectivity index (χ4v) is 2.13. The van der Waals surface area contributed by atoms with Crippen LogP contribution in [-0.2, 0) is 16.0 Å². The van der Waals surface area contributed by atoms with Crippen LogP contribution in [0.1, 0.15) is 12.5 Å². The van der Waals surface area contributed by atoms with Gasteiger partial charge in [0, 0.05) is 36.5 Å². The van der Waals surface area contributed by atoms with Gasteiger partial charge in [-0.15, -0.1) is 0 Å². The number of hydrogen-bond acceptors (Lipinski definition) is 3. The third kappa shape index (κ3) is 2.90. The highest BCUT2D eigenvalue weighted by atomic mass is 16.5. The summed E-state index contributed by atoms with van der Waals surface area (Å²) in [7, 11) is 1.59. The lowest BCUT2D eigenvalue weighted by Gasteiger charge is -2.12. The molecule has 1 amide bonds. The fraction of sp³-hybridized carbons (Fsp3) is 0.286. The SMILES string of the molecule is COc1ccc2c(C[C@H](NC(C)=O)C(=O)O)c[nH]c2c1. The Morgan fingerprint density at radius 3 is 2.80 bits per heavy atom. The van der Waals surface area contributed by atoms with Crippen LogP contribution in [0, 0.1) is 0 Å². The van der Waals surface area contributed by atoms with Gasteiger partial charge in [-0.1, -0.05) is 0 Å². The number of aromatic nitrogens is 1. The summed E-state index contributed by atoms with van der Waals surface area (Å²) in [6, 6.07) is 4.58. The summed E-state index contributed by atoms with van der Waals surface area (Å²) in [5.41, 5.74) is 1.70. The van der Waals surface area contributed by atoms with Gasteiger partial charge in [0.1, 0.15) is 11.8 Å². The lowest BCUT2D eigenvalue weighted by atomic mass is 10.0. The zero-order valence-electron chi connectivity index (χ0n) is 11.3. The second kappa shape index (κ2) is 5.64. The van der Waals surface area contributed by atoms with E-state index in [1.165, 1.54) is 6.92 Å². The number of carbonyl (C=O) groups excluding carboxylic acids is 1. The summed E-state index contributed by atoms with van der Waals surface area (Å²) in [4.78, 5) is 25.3. The number of carbonyl (C=O) groups is 2. The monoisotopic (exact) mass is 276 g/mol. The first kappa shape index (κ1) is 13.9. The van der Waals surface area contributed by atoms with Crippen molar-refractivity contribution >= 4 is 22.8 Å². The minimum atomic E-state index is -1.05. The van der Waals surface area contributed by atoms with Crippen LogP contribution in [0.15, 0.2) is 24.4 Å². The molecule has 0 aliphatic rings. The predicted molar refractivity (Wildman–Crippen MR) is 73.8 cm³/mol. The average Bonchev–Trinajstić information content (AvgIpc) is 2.79. The lowest BCUT2D eigenvalue weighted by molar-refractivity contribution is -0.141. The number of H-pyrrole nitrogens is 1. The molecule has 0 spiro atoms. The van der Waals surface area contributed by atoms with Crippen molar-refractivity contribution < 1.29 is 19.4 Å². The van der Waals surface area contributed by atoms with Gasteiger partial charge in [0.25, 0.3) is 0 Å². The molecule has 6 nitrogen and oxygen atoms in total. The topological polar surface area (TPSA) is 91.4 Å². The van der Waals surface area contributed by atoms with E-state index in [1.54, 1.807) is 13.3 Å². The first-order valence-corrected chi connectivity index (χ1v) is 6.15. The van der Waals surface area contributed by atoms with Crippen LogP contribution < -0.4 is 10.1 Å². The number of rotatable bonds is 5. The van der Waals surface area contributed by atoms with E-state index in [2.05, 4.69) is 10.3 Å². The molecule has 1 atom stereocenters. The van der Waals surface area contributed by atoms with Gasteiger partial charge in [-0.2, -0.15) is 0 Å². The number of benzene rings is 1. The second-order valence-corrected chi connectivity index (χ2v) is 4.52. The van der Waals surface area contributed by atoms with Gasteiger partial charge in [-0.05, 0) is 17.7 Å². The zero-order chi connectivity index (χ0) is 14.7. The lowest BCUT2D eigenvalue weighted by Crippen LogP contribution is -2.41. The first-order valence-electron chi connectivity index (χ1n) is 6.15. The quantitative estimate of drug-likeness (QED) is 0.767. The molecule has 0 bridgehead atoms. The number of amides is 1. The molecule has 0 saturated heterocycles. The van der Waals surface area contributed by atoms with Gasteiger partial charge in [-0.3, -0.25) is 4.79 Å². The Bertz CT molecular complexity index is 648. The summed E-state index contributed by atoms with van der Waals surface area (Å²) in [6.07, 6.45) is 1.98. The number of carboxylic acid groups (broad SMARTS) is 1. The third-order valence-electron chi connectivity index (χ3n) is 3.07. The molecule has 1 aromatic heterocycles. The number of nitrogens with one attached hydrogen (secondary N) is 2. The highest BCUT2D eigenvalue weighted by molar-refractivity contribution is 5.87. The third-order valence-corrected chi connectivity index (χ3v) is 3.07. The Labute approximate surface area is 115 Å². The molecule has 3 N–H and O–H groups in total. The Kier molecular flexibility index (Phi) is 3.93. The molecule has 1 aromatic carbocycles. The molecule has 0 radical (unpaired) electrons. The molecule has 0 fully saturated rings. The normalized spacial score (nSPS) is 12.1. The molecule has 1 heterocycles. The summed E-state index contributed by atoms with van der Waals surface area (Å²) in [5, 5.41) is 12.5. The zero-order valence-corrected chi connectivity index (χ0v) is 11.3. The molecule has 0 saturated carbocycles. The number of aromatic amines is 1. The van der Waals surface area contributed by atoms with Gasteiger partial charge in [0.05, 0.1) is 7.11 Å².